The van der Waals surface area contributed by atoms with Gasteiger partial charge in [0.05, 0.1) is 0 Å². The lowest BCUT2D eigenvalue weighted by Crippen LogP contribution is -1.99. The Morgan fingerprint density at radius 1 is 1.08 bits per heavy atom. The quantitative estimate of drug-likeness (QED) is 0.676. The summed E-state index contributed by atoms with van der Waals surface area (Å²) in [6.07, 6.45) is 1.88. The lowest BCUT2D eigenvalue weighted by atomic mass is 9.98. The summed E-state index contributed by atoms with van der Waals surface area (Å²) < 4.78 is 0. The van der Waals surface area contributed by atoms with Gasteiger partial charge in [-0.25, -0.2) is 0 Å². The van der Waals surface area contributed by atoms with Crippen molar-refractivity contribution in [3.63, 3.8) is 0 Å². The molecule has 0 amide bonds. The van der Waals surface area contributed by atoms with Crippen LogP contribution in [-0.4, -0.2) is 11.8 Å². The summed E-state index contributed by atoms with van der Waals surface area (Å²) >= 11 is 11.5. The van der Waals surface area contributed by atoms with E-state index in [2.05, 4.69) is 25.1 Å². The van der Waals surface area contributed by atoms with E-state index in [4.69, 9.17) is 23.2 Å². The third kappa shape index (κ3) is 2.89. The van der Waals surface area contributed by atoms with Gasteiger partial charge < -0.3 is 0 Å². The molecule has 0 aliphatic carbocycles. The first-order chi connectivity index (χ1) is 6.29. The molecular formula is C11H14Cl2. The molecule has 0 bridgehead atoms. The minimum Gasteiger partial charge on any atom is -0.126 e. The minimum atomic E-state index is 0.679. The molecular weight excluding hydrogens is 203 g/mol. The van der Waals surface area contributed by atoms with E-state index < -0.39 is 0 Å². The molecule has 1 aromatic rings. The average molecular weight is 217 g/mol. The van der Waals surface area contributed by atoms with Crippen molar-refractivity contribution in [1.82, 2.24) is 0 Å². The molecule has 0 nitrogen and oxygen atoms in total. The molecule has 1 rings (SSSR count). The van der Waals surface area contributed by atoms with Gasteiger partial charge in [0.15, 0.2) is 0 Å². The number of alkyl halides is 2. The van der Waals surface area contributed by atoms with Gasteiger partial charge in [0, 0.05) is 11.8 Å². The van der Waals surface area contributed by atoms with Crippen LogP contribution in [0.25, 0.3) is 0 Å². The highest BCUT2D eigenvalue weighted by molar-refractivity contribution is 6.18. The predicted octanol–water partition coefficient (Wildman–Crippen LogP) is 3.56. The van der Waals surface area contributed by atoms with Crippen LogP contribution in [0.15, 0.2) is 18.2 Å². The van der Waals surface area contributed by atoms with Crippen LogP contribution in [0.1, 0.15) is 16.7 Å². The smallest absolute Gasteiger partial charge is 0.0264 e. The average Bonchev–Trinajstić information content (AvgIpc) is 2.11. The third-order valence-corrected chi connectivity index (χ3v) is 2.59. The molecule has 0 aromatic heterocycles. The molecule has 72 valence electrons. The lowest BCUT2D eigenvalue weighted by Gasteiger charge is -2.09. The van der Waals surface area contributed by atoms with Gasteiger partial charge in [0.25, 0.3) is 0 Å². The molecule has 2 heteroatoms. The number of aryl methyl sites for hydroxylation is 2. The molecule has 0 fully saturated rings. The molecule has 0 atom stereocenters. The molecule has 0 spiro atoms. The maximum atomic E-state index is 5.75. The van der Waals surface area contributed by atoms with Crippen molar-refractivity contribution in [2.45, 2.75) is 19.8 Å². The van der Waals surface area contributed by atoms with E-state index in [0.717, 1.165) is 12.8 Å². The second-order valence-corrected chi connectivity index (χ2v) is 3.85. The van der Waals surface area contributed by atoms with Crippen LogP contribution >= 0.6 is 23.2 Å². The molecule has 0 heterocycles. The van der Waals surface area contributed by atoms with Gasteiger partial charge >= 0.3 is 0 Å². The SMILES string of the molecule is Cc1cccc(CCCl)c1CCCl. The van der Waals surface area contributed by atoms with Crippen molar-refractivity contribution in [1.29, 1.82) is 0 Å². The number of rotatable bonds is 4. The Labute approximate surface area is 89.9 Å². The molecule has 0 saturated carbocycles. The number of hydrogen-bond acceptors (Lipinski definition) is 0. The van der Waals surface area contributed by atoms with Crippen LogP contribution in [0.4, 0.5) is 0 Å². The molecule has 0 aliphatic rings. The van der Waals surface area contributed by atoms with Crippen molar-refractivity contribution in [3.8, 4) is 0 Å². The molecule has 0 radical (unpaired) electrons. The Morgan fingerprint density at radius 2 is 1.77 bits per heavy atom. The number of halogens is 2. The zero-order chi connectivity index (χ0) is 9.68. The van der Waals surface area contributed by atoms with Gasteiger partial charge in [-0.1, -0.05) is 18.2 Å². The maximum Gasteiger partial charge on any atom is 0.0264 e. The summed E-state index contributed by atoms with van der Waals surface area (Å²) in [5.74, 6) is 1.36. The lowest BCUT2D eigenvalue weighted by molar-refractivity contribution is 1.03. The third-order valence-electron chi connectivity index (χ3n) is 2.22. The van der Waals surface area contributed by atoms with Gasteiger partial charge in [-0.15, -0.1) is 23.2 Å². The summed E-state index contributed by atoms with van der Waals surface area (Å²) in [5.41, 5.74) is 4.04. The first-order valence-corrected chi connectivity index (χ1v) is 5.55. The first kappa shape index (κ1) is 10.9. The maximum absolute atomic E-state index is 5.75. The number of benzene rings is 1. The Morgan fingerprint density at radius 3 is 2.38 bits per heavy atom. The van der Waals surface area contributed by atoms with Crippen LogP contribution in [0.2, 0.25) is 0 Å². The van der Waals surface area contributed by atoms with Crippen LogP contribution in [0.3, 0.4) is 0 Å². The molecule has 0 aliphatic heterocycles. The van der Waals surface area contributed by atoms with Gasteiger partial charge in [0.2, 0.25) is 0 Å². The molecule has 1 aromatic carbocycles. The zero-order valence-corrected chi connectivity index (χ0v) is 9.33. The fourth-order valence-corrected chi connectivity index (χ4v) is 1.94. The highest BCUT2D eigenvalue weighted by Gasteiger charge is 2.03. The van der Waals surface area contributed by atoms with Crippen LogP contribution in [0, 0.1) is 6.92 Å². The van der Waals surface area contributed by atoms with Crippen molar-refractivity contribution >= 4 is 23.2 Å². The van der Waals surface area contributed by atoms with Crippen LogP contribution in [-0.2, 0) is 12.8 Å². The highest BCUT2D eigenvalue weighted by atomic mass is 35.5. The van der Waals surface area contributed by atoms with E-state index in [1.807, 2.05) is 0 Å². The Bertz CT molecular complexity index is 269. The normalized spacial score (nSPS) is 10.4. The summed E-state index contributed by atoms with van der Waals surface area (Å²) in [6, 6.07) is 6.34. The Balaban J connectivity index is 2.95. The summed E-state index contributed by atoms with van der Waals surface area (Å²) in [7, 11) is 0. The minimum absolute atomic E-state index is 0.679. The van der Waals surface area contributed by atoms with Gasteiger partial charge in [0.1, 0.15) is 0 Å². The van der Waals surface area contributed by atoms with E-state index in [0.29, 0.717) is 11.8 Å². The fraction of sp³-hybridized carbons (Fsp3) is 0.455. The zero-order valence-electron chi connectivity index (χ0n) is 7.82. The summed E-state index contributed by atoms with van der Waals surface area (Å²) in [6.45, 7) is 2.12. The van der Waals surface area contributed by atoms with Crippen molar-refractivity contribution < 1.29 is 0 Å². The molecule has 0 N–H and O–H groups in total. The van der Waals surface area contributed by atoms with E-state index in [1.165, 1.54) is 16.7 Å². The second kappa shape index (κ2) is 5.51. The van der Waals surface area contributed by atoms with Crippen LogP contribution < -0.4 is 0 Å². The van der Waals surface area contributed by atoms with Crippen molar-refractivity contribution in [2.75, 3.05) is 11.8 Å². The highest BCUT2D eigenvalue weighted by Crippen LogP contribution is 2.16. The Hall–Kier alpha value is -0.200. The van der Waals surface area contributed by atoms with Crippen molar-refractivity contribution in [3.05, 3.63) is 34.9 Å². The van der Waals surface area contributed by atoms with Crippen LogP contribution in [0.5, 0.6) is 0 Å². The second-order valence-electron chi connectivity index (χ2n) is 3.09. The fourth-order valence-electron chi connectivity index (χ4n) is 1.55. The van der Waals surface area contributed by atoms with E-state index in [-0.39, 0.29) is 0 Å². The molecule has 0 unspecified atom stereocenters. The van der Waals surface area contributed by atoms with Gasteiger partial charge in [-0.05, 0) is 36.5 Å². The van der Waals surface area contributed by atoms with E-state index in [9.17, 15) is 0 Å². The topological polar surface area (TPSA) is 0 Å². The van der Waals surface area contributed by atoms with E-state index >= 15 is 0 Å². The summed E-state index contributed by atoms with van der Waals surface area (Å²) in [5, 5.41) is 0. The largest absolute Gasteiger partial charge is 0.126 e. The standard InChI is InChI=1S/C11H14Cl2/c1-9-3-2-4-10(5-7-12)11(9)6-8-13/h2-4H,5-8H2,1H3. The van der Waals surface area contributed by atoms with Gasteiger partial charge in [-0.3, -0.25) is 0 Å². The van der Waals surface area contributed by atoms with Gasteiger partial charge in [-0.2, -0.15) is 0 Å². The molecule has 13 heavy (non-hydrogen) atoms. The number of hydrogen-bond donors (Lipinski definition) is 0. The van der Waals surface area contributed by atoms with Crippen molar-refractivity contribution in [2.24, 2.45) is 0 Å². The first-order valence-electron chi connectivity index (χ1n) is 4.49. The monoisotopic (exact) mass is 216 g/mol. The molecule has 0 saturated heterocycles. The summed E-state index contributed by atoms with van der Waals surface area (Å²) in [4.78, 5) is 0. The predicted molar refractivity (Wildman–Crippen MR) is 60.0 cm³/mol. The Kier molecular flexibility index (Phi) is 4.61. The van der Waals surface area contributed by atoms with E-state index in [1.54, 1.807) is 0 Å².